The van der Waals surface area contributed by atoms with Crippen LogP contribution < -0.4 is 60.0 Å². The van der Waals surface area contributed by atoms with E-state index >= 15 is 0 Å². The van der Waals surface area contributed by atoms with Gasteiger partial charge in [0.25, 0.3) is 0 Å². The highest BCUT2D eigenvalue weighted by atomic mass is 16.4. The minimum Gasteiger partial charge on any atom is -0.423 e. The third-order valence-electron chi connectivity index (χ3n) is 9.13. The number of rotatable bonds is 25. The van der Waals surface area contributed by atoms with Crippen molar-refractivity contribution >= 4 is 52.1 Å². The number of hydrogen-bond acceptors (Lipinski definition) is 12. The number of benzene rings is 1. The molecule has 0 unspecified atom stereocenters. The summed E-state index contributed by atoms with van der Waals surface area (Å²) in [6, 6.07) is 1.88. The van der Waals surface area contributed by atoms with Crippen molar-refractivity contribution in [2.75, 3.05) is 25.0 Å². The summed E-state index contributed by atoms with van der Waals surface area (Å²) in [5.41, 5.74) is 16.3. The maximum absolute atomic E-state index is 14.1. The number of fused-ring (bicyclic) bond motifs is 1. The Morgan fingerprint density at radius 1 is 0.776 bits per heavy atom. The number of aryl methyl sites for hydroxylation is 1. The molecule has 0 saturated heterocycles. The molecule has 318 valence electrons. The Balaban J connectivity index is 1.84. The molecule has 6 amide bonds. The number of amides is 6. The molecule has 20 nitrogen and oxygen atoms in total. The SMILES string of the molecule is CC(=O)NCCCC[C@H](NC(=O)[C@H](CCCC[NH3+])NC(=O)[C@H](Cc1cnc[nH]1)NC(=O)[C@H](CCCNC(N)N)NC(C)=O)C(=O)Nc1ccc2c(C)cc(=O)oc2c1. The number of nitrogens with two attached hydrogens (primary N) is 2. The van der Waals surface area contributed by atoms with E-state index in [0.717, 1.165) is 0 Å². The Kier molecular flexibility index (Phi) is 19.4. The van der Waals surface area contributed by atoms with Crippen LogP contribution in [-0.2, 0) is 35.2 Å². The fourth-order valence-electron chi connectivity index (χ4n) is 6.16. The highest BCUT2D eigenvalue weighted by Gasteiger charge is 2.31. The van der Waals surface area contributed by atoms with Gasteiger partial charge in [0.1, 0.15) is 36.0 Å². The number of H-pyrrole nitrogens is 1. The molecule has 0 fully saturated rings. The van der Waals surface area contributed by atoms with Crippen LogP contribution in [0.4, 0.5) is 5.69 Å². The first kappa shape index (κ1) is 46.7. The minimum absolute atomic E-state index is 0.0219. The van der Waals surface area contributed by atoms with Crippen LogP contribution in [-0.4, -0.2) is 95.5 Å². The first-order chi connectivity index (χ1) is 27.7. The number of carbonyl (C=O) groups excluding carboxylic acids is 6. The lowest BCUT2D eigenvalue weighted by Crippen LogP contribution is -2.58. The number of nitrogens with one attached hydrogen (secondary N) is 8. The van der Waals surface area contributed by atoms with E-state index in [4.69, 9.17) is 15.9 Å². The fourth-order valence-corrected chi connectivity index (χ4v) is 6.16. The van der Waals surface area contributed by atoms with Crippen LogP contribution in [0.1, 0.15) is 76.5 Å². The molecule has 20 heteroatoms. The summed E-state index contributed by atoms with van der Waals surface area (Å²) in [5, 5.41) is 20.0. The second kappa shape index (κ2) is 24.2. The summed E-state index contributed by atoms with van der Waals surface area (Å²) in [4.78, 5) is 97.8. The van der Waals surface area contributed by atoms with Crippen molar-refractivity contribution in [3.8, 4) is 0 Å². The van der Waals surface area contributed by atoms with E-state index in [1.807, 2.05) is 0 Å². The van der Waals surface area contributed by atoms with Crippen molar-refractivity contribution < 1.29 is 38.9 Å². The predicted molar refractivity (Wildman–Crippen MR) is 215 cm³/mol. The Bertz CT molecular complexity index is 1880. The van der Waals surface area contributed by atoms with Gasteiger partial charge in [0, 0.05) is 61.9 Å². The van der Waals surface area contributed by atoms with E-state index in [0.29, 0.717) is 74.1 Å². The van der Waals surface area contributed by atoms with Crippen LogP contribution in [0.5, 0.6) is 0 Å². The number of hydrogen-bond donors (Lipinski definition) is 11. The summed E-state index contributed by atoms with van der Waals surface area (Å²) in [7, 11) is 0. The molecule has 1 aromatic carbocycles. The zero-order valence-electron chi connectivity index (χ0n) is 33.4. The number of imidazole rings is 1. The monoisotopic (exact) mass is 811 g/mol. The Morgan fingerprint density at radius 3 is 2.02 bits per heavy atom. The summed E-state index contributed by atoms with van der Waals surface area (Å²) in [5.74, 6) is -3.13. The van der Waals surface area contributed by atoms with Crippen LogP contribution >= 0.6 is 0 Å². The average Bonchev–Trinajstić information content (AvgIpc) is 3.67. The maximum Gasteiger partial charge on any atom is 0.336 e. The average molecular weight is 812 g/mol. The van der Waals surface area contributed by atoms with Gasteiger partial charge in [0.15, 0.2) is 0 Å². The molecule has 0 saturated carbocycles. The smallest absolute Gasteiger partial charge is 0.336 e. The van der Waals surface area contributed by atoms with Crippen LogP contribution in [0, 0.1) is 6.92 Å². The fraction of sp³-hybridized carbons (Fsp3) is 0.526. The minimum atomic E-state index is -1.20. The van der Waals surface area contributed by atoms with Crippen molar-refractivity contribution in [2.45, 2.75) is 109 Å². The van der Waals surface area contributed by atoms with E-state index < -0.39 is 65.6 Å². The molecule has 0 aliphatic rings. The van der Waals surface area contributed by atoms with E-state index in [2.05, 4.69) is 52.9 Å². The maximum atomic E-state index is 14.1. The number of aromatic amines is 1. The van der Waals surface area contributed by atoms with Gasteiger partial charge in [0.2, 0.25) is 35.4 Å². The lowest BCUT2D eigenvalue weighted by molar-refractivity contribution is -0.368. The topological polar surface area (TPSA) is 325 Å². The lowest BCUT2D eigenvalue weighted by Gasteiger charge is -2.26. The van der Waals surface area contributed by atoms with Gasteiger partial charge in [0.05, 0.1) is 12.9 Å². The van der Waals surface area contributed by atoms with E-state index in [9.17, 15) is 33.6 Å². The van der Waals surface area contributed by atoms with E-state index in [-0.39, 0.29) is 37.2 Å². The first-order valence-electron chi connectivity index (χ1n) is 19.5. The lowest BCUT2D eigenvalue weighted by atomic mass is 10.0. The number of aromatic nitrogens is 2. The van der Waals surface area contributed by atoms with Crippen LogP contribution in [0.3, 0.4) is 0 Å². The quantitative estimate of drug-likeness (QED) is 0.0258. The van der Waals surface area contributed by atoms with Crippen molar-refractivity contribution in [3.05, 3.63) is 58.5 Å². The summed E-state index contributed by atoms with van der Waals surface area (Å²) >= 11 is 0. The van der Waals surface area contributed by atoms with E-state index in [1.54, 1.807) is 19.1 Å². The number of anilines is 1. The Morgan fingerprint density at radius 2 is 1.40 bits per heavy atom. The number of nitrogens with zero attached hydrogens (tertiary/aromatic N) is 1. The molecule has 2 heterocycles. The number of carbonyl (C=O) groups is 6. The molecule has 3 aromatic rings. The zero-order valence-corrected chi connectivity index (χ0v) is 33.4. The molecule has 0 spiro atoms. The third-order valence-corrected chi connectivity index (χ3v) is 9.13. The molecular formula is C38H59N12O8+. The van der Waals surface area contributed by atoms with Gasteiger partial charge in [-0.3, -0.25) is 34.1 Å². The second-order valence-corrected chi connectivity index (χ2v) is 14.1. The highest BCUT2D eigenvalue weighted by molar-refractivity contribution is 6.00. The van der Waals surface area contributed by atoms with Crippen molar-refractivity contribution in [2.24, 2.45) is 11.5 Å². The molecule has 58 heavy (non-hydrogen) atoms. The van der Waals surface area contributed by atoms with Crippen LogP contribution in [0.25, 0.3) is 11.0 Å². The molecule has 4 atom stereocenters. The second-order valence-electron chi connectivity index (χ2n) is 14.1. The summed E-state index contributed by atoms with van der Waals surface area (Å²) in [6.07, 6.45) is 5.30. The Hall–Kier alpha value is -5.70. The Labute approximate surface area is 336 Å². The van der Waals surface area contributed by atoms with Crippen molar-refractivity contribution in [1.29, 1.82) is 0 Å². The van der Waals surface area contributed by atoms with Crippen molar-refractivity contribution in [3.63, 3.8) is 0 Å². The van der Waals surface area contributed by atoms with Gasteiger partial charge in [-0.15, -0.1) is 0 Å². The van der Waals surface area contributed by atoms with Crippen LogP contribution in [0.15, 0.2) is 46.0 Å². The predicted octanol–water partition coefficient (Wildman–Crippen LogP) is -1.75. The third kappa shape index (κ3) is 16.4. The summed E-state index contributed by atoms with van der Waals surface area (Å²) < 4.78 is 5.33. The largest absolute Gasteiger partial charge is 0.423 e. The number of unbranched alkanes of at least 4 members (excludes halogenated alkanes) is 2. The highest BCUT2D eigenvalue weighted by Crippen LogP contribution is 2.21. The normalized spacial score (nSPS) is 13.2. The van der Waals surface area contributed by atoms with Crippen LogP contribution in [0.2, 0.25) is 0 Å². The van der Waals surface area contributed by atoms with E-state index in [1.165, 1.54) is 38.5 Å². The standard InChI is InChI=1S/C38H58N12O8/c1-22-17-33(53)58-32-19-25(12-13-27(22)32)47-34(54)29(10-5-7-15-43-23(2)51)48-36(56)30(9-4-6-14-39)49-37(57)31(18-26-20-42-21-45-26)50-35(55)28(46-24(3)52)11-8-16-44-38(40)41/h12-13,17,19-21,28-31,38,44H,4-11,14-16,18,39-41H2,1-3H3,(H,42,45)(H,43,51)(H,46,52)(H,47,54)(H,48,56)(H,49,57)(H,50,55)/p+1/t28-,29-,30-,31-/m0/s1. The summed E-state index contributed by atoms with van der Waals surface area (Å²) in [6.45, 7) is 5.78. The van der Waals surface area contributed by atoms with Gasteiger partial charge in [-0.1, -0.05) is 0 Å². The zero-order chi connectivity index (χ0) is 42.6. The number of quaternary nitrogens is 1. The molecule has 0 radical (unpaired) electrons. The molecule has 2 aromatic heterocycles. The molecule has 0 bridgehead atoms. The van der Waals surface area contributed by atoms with Gasteiger partial charge in [-0.25, -0.2) is 9.78 Å². The molecular weight excluding hydrogens is 752 g/mol. The van der Waals surface area contributed by atoms with Gasteiger partial charge in [-0.05, 0) is 82.5 Å². The molecule has 3 rings (SSSR count). The van der Waals surface area contributed by atoms with Gasteiger partial charge < -0.3 is 58.5 Å². The molecule has 0 aliphatic carbocycles. The van der Waals surface area contributed by atoms with Gasteiger partial charge in [-0.2, -0.15) is 0 Å². The molecule has 0 aliphatic heterocycles. The van der Waals surface area contributed by atoms with Gasteiger partial charge >= 0.3 is 5.63 Å². The first-order valence-corrected chi connectivity index (χ1v) is 19.5. The molecule has 15 N–H and O–H groups in total. The van der Waals surface area contributed by atoms with Crippen molar-refractivity contribution in [1.82, 2.24) is 41.9 Å².